The Morgan fingerprint density at radius 1 is 1.38 bits per heavy atom. The molecule has 0 radical (unpaired) electrons. The summed E-state index contributed by atoms with van der Waals surface area (Å²) in [5.41, 5.74) is 6.38. The van der Waals surface area contributed by atoms with Crippen molar-refractivity contribution in [3.05, 3.63) is 42.2 Å². The number of hydrogen-bond donors (Lipinski definition) is 1. The molecule has 13 heavy (non-hydrogen) atoms. The van der Waals surface area contributed by atoms with Gasteiger partial charge in [-0.25, -0.2) is 4.39 Å². The van der Waals surface area contributed by atoms with Crippen LogP contribution in [0.25, 0.3) is 0 Å². The summed E-state index contributed by atoms with van der Waals surface area (Å²) in [4.78, 5) is 1.04. The lowest BCUT2D eigenvalue weighted by molar-refractivity contribution is 0.626. The van der Waals surface area contributed by atoms with E-state index in [-0.39, 0.29) is 5.82 Å². The van der Waals surface area contributed by atoms with Crippen LogP contribution in [0, 0.1) is 5.82 Å². The van der Waals surface area contributed by atoms with Crippen LogP contribution in [0.5, 0.6) is 0 Å². The van der Waals surface area contributed by atoms with Crippen LogP contribution in [-0.4, -0.2) is 12.3 Å². The van der Waals surface area contributed by atoms with Crippen LogP contribution in [0.15, 0.2) is 41.3 Å². The molecule has 1 rings (SSSR count). The third-order valence-corrected chi connectivity index (χ3v) is 2.70. The van der Waals surface area contributed by atoms with Gasteiger partial charge in [0.05, 0.1) is 0 Å². The Balaban J connectivity index is 2.46. The third kappa shape index (κ3) is 3.61. The van der Waals surface area contributed by atoms with Gasteiger partial charge in [0.25, 0.3) is 0 Å². The van der Waals surface area contributed by atoms with Gasteiger partial charge in [-0.1, -0.05) is 12.2 Å². The average Bonchev–Trinajstić information content (AvgIpc) is 2.16. The van der Waals surface area contributed by atoms with Crippen LogP contribution in [0.2, 0.25) is 0 Å². The smallest absolute Gasteiger partial charge is 0.123 e. The number of nitrogens with two attached hydrogens (primary N) is 1. The van der Waals surface area contributed by atoms with E-state index in [2.05, 4.69) is 6.58 Å². The third-order valence-electron chi connectivity index (χ3n) is 1.55. The molecule has 0 amide bonds. The summed E-state index contributed by atoms with van der Waals surface area (Å²) in [6.07, 6.45) is 0. The van der Waals surface area contributed by atoms with Crippen LogP contribution < -0.4 is 5.73 Å². The molecule has 1 aromatic rings. The summed E-state index contributed by atoms with van der Waals surface area (Å²) < 4.78 is 12.5. The summed E-state index contributed by atoms with van der Waals surface area (Å²) >= 11 is 1.62. The minimum atomic E-state index is -0.206. The van der Waals surface area contributed by atoms with Crippen LogP contribution in [0.3, 0.4) is 0 Å². The number of thioether (sulfide) groups is 1. The molecule has 0 bridgehead atoms. The van der Waals surface area contributed by atoms with Gasteiger partial charge in [-0.2, -0.15) is 0 Å². The second-order valence-corrected chi connectivity index (χ2v) is 3.75. The van der Waals surface area contributed by atoms with E-state index in [1.54, 1.807) is 23.9 Å². The van der Waals surface area contributed by atoms with Gasteiger partial charge < -0.3 is 5.73 Å². The molecule has 0 aromatic heterocycles. The van der Waals surface area contributed by atoms with Crippen LogP contribution in [0.4, 0.5) is 4.39 Å². The summed E-state index contributed by atoms with van der Waals surface area (Å²) in [6.45, 7) is 4.29. The lowest BCUT2D eigenvalue weighted by Crippen LogP contribution is -2.03. The summed E-state index contributed by atoms with van der Waals surface area (Å²) in [5, 5.41) is 0. The molecule has 0 saturated heterocycles. The van der Waals surface area contributed by atoms with Gasteiger partial charge in [0, 0.05) is 17.2 Å². The molecule has 0 saturated carbocycles. The normalized spacial score (nSPS) is 10.0. The zero-order valence-electron chi connectivity index (χ0n) is 7.29. The van der Waals surface area contributed by atoms with E-state index < -0.39 is 0 Å². The van der Waals surface area contributed by atoms with Crippen molar-refractivity contribution in [2.45, 2.75) is 4.90 Å². The highest BCUT2D eigenvalue weighted by molar-refractivity contribution is 7.99. The first-order chi connectivity index (χ1) is 6.22. The summed E-state index contributed by atoms with van der Waals surface area (Å²) in [7, 11) is 0. The zero-order chi connectivity index (χ0) is 9.68. The van der Waals surface area contributed by atoms with Crippen LogP contribution >= 0.6 is 11.8 Å². The summed E-state index contributed by atoms with van der Waals surface area (Å²) in [5.74, 6) is 0.587. The van der Waals surface area contributed by atoms with E-state index in [0.29, 0.717) is 6.54 Å². The highest BCUT2D eigenvalue weighted by Gasteiger charge is 1.96. The maximum absolute atomic E-state index is 12.5. The van der Waals surface area contributed by atoms with Crippen molar-refractivity contribution in [1.29, 1.82) is 0 Å². The monoisotopic (exact) mass is 197 g/mol. The zero-order valence-corrected chi connectivity index (χ0v) is 8.11. The molecule has 0 spiro atoms. The van der Waals surface area contributed by atoms with Crippen LogP contribution in [-0.2, 0) is 0 Å². The van der Waals surface area contributed by atoms with Crippen molar-refractivity contribution in [2.24, 2.45) is 5.73 Å². The lowest BCUT2D eigenvalue weighted by Gasteiger charge is -2.02. The van der Waals surface area contributed by atoms with Crippen molar-refractivity contribution < 1.29 is 4.39 Å². The van der Waals surface area contributed by atoms with Gasteiger partial charge in [-0.3, -0.25) is 0 Å². The molecule has 0 fully saturated rings. The Bertz CT molecular complexity index is 281. The topological polar surface area (TPSA) is 26.0 Å². The minimum Gasteiger partial charge on any atom is -0.327 e. The molecule has 0 aliphatic heterocycles. The molecule has 1 nitrogen and oxygen atoms in total. The Hall–Kier alpha value is -0.800. The van der Waals surface area contributed by atoms with E-state index in [1.807, 2.05) is 0 Å². The van der Waals surface area contributed by atoms with Gasteiger partial charge >= 0.3 is 0 Å². The molecule has 3 heteroatoms. The standard InChI is InChI=1S/C10H12FNS/c1-8(6-12)7-13-10-4-2-9(11)3-5-10/h2-5H,1,6-7,12H2. The van der Waals surface area contributed by atoms with Gasteiger partial charge in [0.15, 0.2) is 0 Å². The van der Waals surface area contributed by atoms with E-state index >= 15 is 0 Å². The lowest BCUT2D eigenvalue weighted by atomic mass is 10.3. The van der Waals surface area contributed by atoms with E-state index in [0.717, 1.165) is 16.2 Å². The van der Waals surface area contributed by atoms with Gasteiger partial charge in [0.2, 0.25) is 0 Å². The average molecular weight is 197 g/mol. The van der Waals surface area contributed by atoms with E-state index in [1.165, 1.54) is 12.1 Å². The first-order valence-electron chi connectivity index (χ1n) is 3.97. The van der Waals surface area contributed by atoms with Crippen molar-refractivity contribution in [2.75, 3.05) is 12.3 Å². The molecule has 0 aliphatic carbocycles. The quantitative estimate of drug-likeness (QED) is 0.592. The molecular formula is C10H12FNS. The largest absolute Gasteiger partial charge is 0.327 e. The Labute approximate surface area is 81.8 Å². The molecule has 0 unspecified atom stereocenters. The molecule has 0 aliphatic rings. The SMILES string of the molecule is C=C(CN)CSc1ccc(F)cc1. The number of benzene rings is 1. The number of halogens is 1. The predicted molar refractivity (Wildman–Crippen MR) is 55.3 cm³/mol. The maximum Gasteiger partial charge on any atom is 0.123 e. The molecule has 0 atom stereocenters. The van der Waals surface area contributed by atoms with Gasteiger partial charge in [0.1, 0.15) is 5.82 Å². The first kappa shape index (κ1) is 10.3. The van der Waals surface area contributed by atoms with Crippen molar-refractivity contribution >= 4 is 11.8 Å². The van der Waals surface area contributed by atoms with Crippen molar-refractivity contribution in [3.8, 4) is 0 Å². The highest BCUT2D eigenvalue weighted by atomic mass is 32.2. The molecule has 1 aromatic carbocycles. The fourth-order valence-corrected chi connectivity index (χ4v) is 1.59. The van der Waals surface area contributed by atoms with Crippen molar-refractivity contribution in [1.82, 2.24) is 0 Å². The second kappa shape index (κ2) is 5.04. The molecule has 2 N–H and O–H groups in total. The van der Waals surface area contributed by atoms with E-state index in [4.69, 9.17) is 5.73 Å². The molecule has 0 heterocycles. The Morgan fingerprint density at radius 3 is 2.54 bits per heavy atom. The van der Waals surface area contributed by atoms with E-state index in [9.17, 15) is 4.39 Å². The fraction of sp³-hybridized carbons (Fsp3) is 0.200. The molecule has 70 valence electrons. The number of rotatable bonds is 4. The molecular weight excluding hydrogens is 185 g/mol. The van der Waals surface area contributed by atoms with Crippen molar-refractivity contribution in [3.63, 3.8) is 0 Å². The van der Waals surface area contributed by atoms with Gasteiger partial charge in [-0.05, 0) is 24.3 Å². The van der Waals surface area contributed by atoms with Gasteiger partial charge in [-0.15, -0.1) is 11.8 Å². The minimum absolute atomic E-state index is 0.206. The van der Waals surface area contributed by atoms with Crippen LogP contribution in [0.1, 0.15) is 0 Å². The summed E-state index contributed by atoms with van der Waals surface area (Å²) in [6, 6.07) is 6.41. The maximum atomic E-state index is 12.5. The Morgan fingerprint density at radius 2 is 2.00 bits per heavy atom. The predicted octanol–water partition coefficient (Wildman–Crippen LogP) is 2.43. The second-order valence-electron chi connectivity index (χ2n) is 2.70. The number of hydrogen-bond acceptors (Lipinski definition) is 2. The first-order valence-corrected chi connectivity index (χ1v) is 4.96. The fourth-order valence-electron chi connectivity index (χ4n) is 0.775. The Kier molecular flexibility index (Phi) is 3.99. The highest BCUT2D eigenvalue weighted by Crippen LogP contribution is 2.19.